The van der Waals surface area contributed by atoms with Gasteiger partial charge in [-0.15, -0.1) is 0 Å². The van der Waals surface area contributed by atoms with Crippen LogP contribution in [-0.2, 0) is 4.79 Å². The predicted octanol–water partition coefficient (Wildman–Crippen LogP) is 5.15. The Morgan fingerprint density at radius 2 is 1.90 bits per heavy atom. The smallest absolute Gasteiger partial charge is 0.251 e. The molecule has 0 saturated heterocycles. The van der Waals surface area contributed by atoms with Crippen LogP contribution < -0.4 is 10.6 Å². The van der Waals surface area contributed by atoms with Gasteiger partial charge in [0.1, 0.15) is 11.9 Å². The minimum absolute atomic E-state index is 0.0966. The van der Waals surface area contributed by atoms with Crippen LogP contribution in [0.1, 0.15) is 36.4 Å². The monoisotopic (exact) mass is 438 g/mol. The summed E-state index contributed by atoms with van der Waals surface area (Å²) in [5, 5.41) is 11.9. The molecule has 2 N–H and O–H groups in total. The van der Waals surface area contributed by atoms with Crippen molar-refractivity contribution in [2.45, 2.75) is 31.3 Å². The maximum absolute atomic E-state index is 13.4. The zero-order valence-corrected chi connectivity index (χ0v) is 17.8. The lowest BCUT2D eigenvalue weighted by Gasteiger charge is -2.30. The van der Waals surface area contributed by atoms with E-state index in [2.05, 4.69) is 27.9 Å². The summed E-state index contributed by atoms with van der Waals surface area (Å²) in [6.45, 7) is 1.91. The fraction of sp³-hybridized carbons (Fsp3) is 0.217. The number of nitrogens with one attached hydrogen (secondary N) is 2. The molecule has 7 heteroatoms. The number of aromatic nitrogens is 2. The molecule has 0 radical (unpaired) electrons. The second-order valence-electron chi connectivity index (χ2n) is 7.73. The van der Waals surface area contributed by atoms with E-state index in [1.807, 2.05) is 41.9 Å². The summed E-state index contributed by atoms with van der Waals surface area (Å²) in [4.78, 5) is 13.4. The number of allylic oxidation sites excluding steroid dienone is 1. The lowest BCUT2D eigenvalue weighted by Crippen LogP contribution is -2.36. The number of nitrogens with zero attached hydrogens (tertiary/aromatic N) is 2. The number of hydrogen-bond acceptors (Lipinski definition) is 3. The molecule has 5 rings (SSSR count). The molecule has 1 aliphatic heterocycles. The van der Waals surface area contributed by atoms with Gasteiger partial charge in [0.15, 0.2) is 0 Å². The van der Waals surface area contributed by atoms with Crippen LogP contribution in [0.4, 0.5) is 5.82 Å². The maximum Gasteiger partial charge on any atom is 0.251 e. The molecular weight excluding hydrogens is 419 g/mol. The summed E-state index contributed by atoms with van der Waals surface area (Å²) in [7, 11) is 0. The Balaban J connectivity index is 1.46. The molecule has 3 unspecified atom stereocenters. The summed E-state index contributed by atoms with van der Waals surface area (Å²) in [5.74, 6) is 1.09. The predicted molar refractivity (Wildman–Crippen MR) is 119 cm³/mol. The van der Waals surface area contributed by atoms with Crippen LogP contribution in [0.5, 0.6) is 0 Å². The average Bonchev–Trinajstić information content (AvgIpc) is 3.35. The number of halogens is 2. The van der Waals surface area contributed by atoms with Crippen LogP contribution >= 0.6 is 23.2 Å². The van der Waals surface area contributed by atoms with E-state index in [4.69, 9.17) is 23.2 Å². The van der Waals surface area contributed by atoms with Crippen molar-refractivity contribution >= 4 is 34.9 Å². The normalized spacial score (nSPS) is 22.3. The Hall–Kier alpha value is -2.76. The van der Waals surface area contributed by atoms with Gasteiger partial charge in [0, 0.05) is 23.7 Å². The molecule has 1 fully saturated rings. The second-order valence-corrected chi connectivity index (χ2v) is 8.55. The molecule has 1 saturated carbocycles. The lowest BCUT2D eigenvalue weighted by atomic mass is 9.94. The number of carbonyl (C=O) groups is 1. The highest BCUT2D eigenvalue weighted by molar-refractivity contribution is 6.42. The van der Waals surface area contributed by atoms with E-state index in [9.17, 15) is 4.79 Å². The third kappa shape index (κ3) is 3.38. The maximum atomic E-state index is 13.4. The summed E-state index contributed by atoms with van der Waals surface area (Å²) < 4.78 is 1.81. The minimum Gasteiger partial charge on any atom is -0.349 e. The summed E-state index contributed by atoms with van der Waals surface area (Å²) >= 11 is 12.4. The highest BCUT2D eigenvalue weighted by Crippen LogP contribution is 2.42. The van der Waals surface area contributed by atoms with Gasteiger partial charge in [-0.2, -0.15) is 5.10 Å². The van der Waals surface area contributed by atoms with E-state index in [0.717, 1.165) is 23.5 Å². The number of carbonyl (C=O) groups excluding carboxylic acids is 1. The number of fused-ring (bicyclic) bond motifs is 1. The van der Waals surface area contributed by atoms with Gasteiger partial charge in [-0.1, -0.05) is 59.6 Å². The molecule has 3 atom stereocenters. The van der Waals surface area contributed by atoms with Gasteiger partial charge in [0.2, 0.25) is 0 Å². The Bertz CT molecular complexity index is 1160. The van der Waals surface area contributed by atoms with E-state index in [0.29, 0.717) is 21.5 Å². The first kappa shape index (κ1) is 19.2. The number of rotatable bonds is 4. The van der Waals surface area contributed by atoms with Crippen molar-refractivity contribution in [2.24, 2.45) is 0 Å². The molecule has 0 spiro atoms. The number of hydrogen-bond donors (Lipinski definition) is 2. The van der Waals surface area contributed by atoms with Crippen LogP contribution in [0.15, 0.2) is 72.1 Å². The van der Waals surface area contributed by atoms with E-state index in [1.165, 1.54) is 5.56 Å². The molecule has 1 amide bonds. The SMILES string of the molecule is CC1=C(C(=O)NC2CC2c2ccccc2)C(c2ccc(Cl)c(Cl)c2)n2nccc2N1. The van der Waals surface area contributed by atoms with Gasteiger partial charge in [0.05, 0.1) is 21.8 Å². The Morgan fingerprint density at radius 1 is 1.10 bits per heavy atom. The molecule has 2 aliphatic rings. The molecule has 2 aromatic carbocycles. The fourth-order valence-corrected chi connectivity index (χ4v) is 4.47. The van der Waals surface area contributed by atoms with Crippen molar-refractivity contribution in [3.63, 3.8) is 0 Å². The third-order valence-corrected chi connectivity index (χ3v) is 6.49. The molecule has 1 aliphatic carbocycles. The first-order valence-electron chi connectivity index (χ1n) is 9.85. The number of amides is 1. The highest BCUT2D eigenvalue weighted by Gasteiger charge is 2.41. The fourth-order valence-electron chi connectivity index (χ4n) is 4.16. The van der Waals surface area contributed by atoms with Crippen molar-refractivity contribution in [3.8, 4) is 0 Å². The Kier molecular flexibility index (Phi) is 4.80. The van der Waals surface area contributed by atoms with Crippen molar-refractivity contribution in [1.82, 2.24) is 15.1 Å². The quantitative estimate of drug-likeness (QED) is 0.591. The Labute approximate surface area is 184 Å². The van der Waals surface area contributed by atoms with Crippen LogP contribution in [0, 0.1) is 0 Å². The topological polar surface area (TPSA) is 59.0 Å². The van der Waals surface area contributed by atoms with Crippen LogP contribution in [0.2, 0.25) is 10.0 Å². The van der Waals surface area contributed by atoms with E-state index < -0.39 is 0 Å². The van der Waals surface area contributed by atoms with Gasteiger partial charge < -0.3 is 10.6 Å². The molecule has 5 nitrogen and oxygen atoms in total. The van der Waals surface area contributed by atoms with Gasteiger partial charge >= 0.3 is 0 Å². The van der Waals surface area contributed by atoms with Gasteiger partial charge in [-0.25, -0.2) is 4.68 Å². The van der Waals surface area contributed by atoms with Crippen LogP contribution in [0.25, 0.3) is 0 Å². The summed E-state index contributed by atoms with van der Waals surface area (Å²) in [6, 6.07) is 17.4. The van der Waals surface area contributed by atoms with E-state index in [1.54, 1.807) is 18.3 Å². The van der Waals surface area contributed by atoms with Gasteiger partial charge in [-0.05, 0) is 36.6 Å². The van der Waals surface area contributed by atoms with Gasteiger partial charge in [-0.3, -0.25) is 4.79 Å². The standard InChI is InChI=1S/C23H20Cl2N4O/c1-13-21(23(30)28-19-12-16(19)14-5-3-2-4-6-14)22(29-20(27-13)9-10-26-29)15-7-8-17(24)18(25)11-15/h2-11,16,19,22,27H,12H2,1H3,(H,28,30). The molecule has 3 aromatic rings. The first-order chi connectivity index (χ1) is 14.5. The van der Waals surface area contributed by atoms with E-state index in [-0.39, 0.29) is 18.0 Å². The molecule has 2 heterocycles. The minimum atomic E-state index is -0.389. The lowest BCUT2D eigenvalue weighted by molar-refractivity contribution is -0.118. The summed E-state index contributed by atoms with van der Waals surface area (Å²) in [5.41, 5.74) is 3.54. The van der Waals surface area contributed by atoms with Gasteiger partial charge in [0.25, 0.3) is 5.91 Å². The van der Waals surface area contributed by atoms with Crippen molar-refractivity contribution in [2.75, 3.05) is 5.32 Å². The first-order valence-corrected chi connectivity index (χ1v) is 10.6. The van der Waals surface area contributed by atoms with E-state index >= 15 is 0 Å². The summed E-state index contributed by atoms with van der Waals surface area (Å²) in [6.07, 6.45) is 2.66. The number of anilines is 1. The zero-order chi connectivity index (χ0) is 20.8. The third-order valence-electron chi connectivity index (χ3n) is 5.75. The average molecular weight is 439 g/mol. The molecule has 152 valence electrons. The molecular formula is C23H20Cl2N4O. The highest BCUT2D eigenvalue weighted by atomic mass is 35.5. The zero-order valence-electron chi connectivity index (χ0n) is 16.3. The van der Waals surface area contributed by atoms with Crippen molar-refractivity contribution in [3.05, 3.63) is 93.2 Å². The van der Waals surface area contributed by atoms with Crippen molar-refractivity contribution < 1.29 is 4.79 Å². The van der Waals surface area contributed by atoms with Crippen LogP contribution in [0.3, 0.4) is 0 Å². The number of benzene rings is 2. The second kappa shape index (κ2) is 7.49. The van der Waals surface area contributed by atoms with Crippen LogP contribution in [-0.4, -0.2) is 21.7 Å². The molecule has 1 aromatic heterocycles. The molecule has 0 bridgehead atoms. The largest absolute Gasteiger partial charge is 0.349 e. The van der Waals surface area contributed by atoms with Crippen molar-refractivity contribution in [1.29, 1.82) is 0 Å². The molecule has 30 heavy (non-hydrogen) atoms. The Morgan fingerprint density at radius 3 is 2.67 bits per heavy atom.